The standard InChI is InChI=1S/C12H13F2N3O3/c1-3-19-12(18)9-10(11(13)14)17(16-15-9)6-8-5-4-7(2)20-8/h4-5,11H,3,6H2,1-2H3. The number of aromatic nitrogens is 3. The molecule has 0 N–H and O–H groups in total. The molecule has 0 bridgehead atoms. The Labute approximate surface area is 113 Å². The SMILES string of the molecule is CCOC(=O)c1nnn(Cc2ccc(C)o2)c1C(F)F. The number of hydrogen-bond acceptors (Lipinski definition) is 5. The molecule has 0 atom stereocenters. The number of ether oxygens (including phenoxy) is 1. The van der Waals surface area contributed by atoms with Crippen LogP contribution in [0.3, 0.4) is 0 Å². The Morgan fingerprint density at radius 3 is 2.80 bits per heavy atom. The monoisotopic (exact) mass is 285 g/mol. The minimum Gasteiger partial charge on any atom is -0.464 e. The number of carbonyl (C=O) groups excluding carboxylic acids is 1. The summed E-state index contributed by atoms with van der Waals surface area (Å²) in [5, 5.41) is 7.05. The van der Waals surface area contributed by atoms with E-state index in [4.69, 9.17) is 4.42 Å². The second-order valence-electron chi connectivity index (χ2n) is 4.01. The highest BCUT2D eigenvalue weighted by atomic mass is 19.3. The summed E-state index contributed by atoms with van der Waals surface area (Å²) < 4.78 is 37.1. The molecule has 0 amide bonds. The maximum absolute atomic E-state index is 13.1. The largest absolute Gasteiger partial charge is 0.464 e. The molecule has 0 aliphatic rings. The summed E-state index contributed by atoms with van der Waals surface area (Å²) in [5.74, 6) is 0.193. The van der Waals surface area contributed by atoms with Gasteiger partial charge in [-0.15, -0.1) is 5.10 Å². The highest BCUT2D eigenvalue weighted by molar-refractivity contribution is 5.88. The van der Waals surface area contributed by atoms with E-state index in [0.29, 0.717) is 11.5 Å². The quantitative estimate of drug-likeness (QED) is 0.789. The van der Waals surface area contributed by atoms with Crippen LogP contribution in [-0.2, 0) is 11.3 Å². The molecule has 2 aromatic heterocycles. The van der Waals surface area contributed by atoms with Crippen LogP contribution < -0.4 is 0 Å². The summed E-state index contributed by atoms with van der Waals surface area (Å²) in [6.07, 6.45) is -2.89. The first-order chi connectivity index (χ1) is 9.52. The molecule has 2 rings (SSSR count). The van der Waals surface area contributed by atoms with Gasteiger partial charge in [0.2, 0.25) is 0 Å². The molecule has 6 nitrogen and oxygen atoms in total. The first-order valence-corrected chi connectivity index (χ1v) is 5.97. The third kappa shape index (κ3) is 2.84. The number of esters is 1. The molecule has 0 saturated heterocycles. The van der Waals surface area contributed by atoms with E-state index in [0.717, 1.165) is 4.68 Å². The van der Waals surface area contributed by atoms with E-state index in [-0.39, 0.29) is 13.2 Å². The highest BCUT2D eigenvalue weighted by Gasteiger charge is 2.27. The van der Waals surface area contributed by atoms with Gasteiger partial charge in [0, 0.05) is 0 Å². The van der Waals surface area contributed by atoms with Gasteiger partial charge in [0.05, 0.1) is 6.61 Å². The Morgan fingerprint density at radius 1 is 1.50 bits per heavy atom. The summed E-state index contributed by atoms with van der Waals surface area (Å²) in [6.45, 7) is 3.37. The molecule has 0 spiro atoms. The average molecular weight is 285 g/mol. The van der Waals surface area contributed by atoms with Crippen LogP contribution in [0.5, 0.6) is 0 Å². The smallest absolute Gasteiger partial charge is 0.361 e. The van der Waals surface area contributed by atoms with E-state index < -0.39 is 23.8 Å². The van der Waals surface area contributed by atoms with Gasteiger partial charge >= 0.3 is 5.97 Å². The van der Waals surface area contributed by atoms with Crippen LogP contribution in [-0.4, -0.2) is 27.6 Å². The number of halogens is 2. The molecule has 2 heterocycles. The van der Waals surface area contributed by atoms with Crippen molar-refractivity contribution in [2.45, 2.75) is 26.8 Å². The van der Waals surface area contributed by atoms with Crippen LogP contribution in [0.2, 0.25) is 0 Å². The van der Waals surface area contributed by atoms with Gasteiger partial charge in [0.1, 0.15) is 23.8 Å². The van der Waals surface area contributed by atoms with Crippen molar-refractivity contribution in [3.8, 4) is 0 Å². The lowest BCUT2D eigenvalue weighted by Crippen LogP contribution is -2.12. The van der Waals surface area contributed by atoms with Gasteiger partial charge < -0.3 is 9.15 Å². The zero-order chi connectivity index (χ0) is 14.7. The van der Waals surface area contributed by atoms with Crippen molar-refractivity contribution in [1.82, 2.24) is 15.0 Å². The lowest BCUT2D eigenvalue weighted by atomic mass is 10.3. The van der Waals surface area contributed by atoms with E-state index in [9.17, 15) is 13.6 Å². The second kappa shape index (κ2) is 5.81. The van der Waals surface area contributed by atoms with E-state index >= 15 is 0 Å². The Bertz CT molecular complexity index is 607. The number of rotatable bonds is 5. The maximum atomic E-state index is 13.1. The fourth-order valence-electron chi connectivity index (χ4n) is 1.72. The van der Waals surface area contributed by atoms with Gasteiger partial charge in [-0.3, -0.25) is 0 Å². The molecule has 0 unspecified atom stereocenters. The van der Waals surface area contributed by atoms with Crippen molar-refractivity contribution >= 4 is 5.97 Å². The van der Waals surface area contributed by atoms with Crippen LogP contribution in [0.15, 0.2) is 16.5 Å². The lowest BCUT2D eigenvalue weighted by molar-refractivity contribution is 0.0506. The summed E-state index contributed by atoms with van der Waals surface area (Å²) in [6, 6.07) is 3.36. The van der Waals surface area contributed by atoms with Gasteiger partial charge in [0.25, 0.3) is 6.43 Å². The molecule has 0 aliphatic heterocycles. The molecule has 0 aromatic carbocycles. The van der Waals surface area contributed by atoms with Crippen LogP contribution in [0.4, 0.5) is 8.78 Å². The predicted molar refractivity (Wildman–Crippen MR) is 63.5 cm³/mol. The number of alkyl halides is 2. The topological polar surface area (TPSA) is 70.2 Å². The van der Waals surface area contributed by atoms with Crippen molar-refractivity contribution < 1.29 is 22.7 Å². The van der Waals surface area contributed by atoms with Crippen LogP contribution >= 0.6 is 0 Å². The Morgan fingerprint density at radius 2 is 2.25 bits per heavy atom. The maximum Gasteiger partial charge on any atom is 0.361 e. The summed E-state index contributed by atoms with van der Waals surface area (Å²) >= 11 is 0. The van der Waals surface area contributed by atoms with Crippen molar-refractivity contribution in [3.05, 3.63) is 35.0 Å². The third-order valence-corrected chi connectivity index (χ3v) is 2.55. The molecule has 108 valence electrons. The van der Waals surface area contributed by atoms with Crippen LogP contribution in [0.25, 0.3) is 0 Å². The zero-order valence-corrected chi connectivity index (χ0v) is 11.0. The number of hydrogen-bond donors (Lipinski definition) is 0. The Kier molecular flexibility index (Phi) is 4.11. The fourth-order valence-corrected chi connectivity index (χ4v) is 1.72. The third-order valence-electron chi connectivity index (χ3n) is 2.55. The molecule has 0 radical (unpaired) electrons. The number of nitrogens with zero attached hydrogens (tertiary/aromatic N) is 3. The van der Waals surface area contributed by atoms with Crippen molar-refractivity contribution in [2.24, 2.45) is 0 Å². The number of furan rings is 1. The van der Waals surface area contributed by atoms with Crippen molar-refractivity contribution in [2.75, 3.05) is 6.61 Å². The highest BCUT2D eigenvalue weighted by Crippen LogP contribution is 2.23. The summed E-state index contributed by atoms with van der Waals surface area (Å²) in [7, 11) is 0. The van der Waals surface area contributed by atoms with E-state index in [2.05, 4.69) is 15.0 Å². The number of aryl methyl sites for hydroxylation is 1. The van der Waals surface area contributed by atoms with Gasteiger partial charge in [-0.2, -0.15) is 0 Å². The fraction of sp³-hybridized carbons (Fsp3) is 0.417. The van der Waals surface area contributed by atoms with Crippen molar-refractivity contribution in [1.29, 1.82) is 0 Å². The predicted octanol–water partition coefficient (Wildman–Crippen LogP) is 2.34. The van der Waals surface area contributed by atoms with E-state index in [1.807, 2.05) is 0 Å². The summed E-state index contributed by atoms with van der Waals surface area (Å²) in [5.41, 5.74) is -1.04. The molecule has 8 heteroatoms. The molecule has 2 aromatic rings. The molecular weight excluding hydrogens is 272 g/mol. The first kappa shape index (κ1) is 14.2. The second-order valence-corrected chi connectivity index (χ2v) is 4.01. The normalized spacial score (nSPS) is 11.1. The first-order valence-electron chi connectivity index (χ1n) is 5.97. The Hall–Kier alpha value is -2.25. The summed E-state index contributed by atoms with van der Waals surface area (Å²) in [4.78, 5) is 11.5. The molecule has 20 heavy (non-hydrogen) atoms. The van der Waals surface area contributed by atoms with Crippen LogP contribution in [0.1, 0.15) is 41.1 Å². The average Bonchev–Trinajstić information content (AvgIpc) is 2.96. The van der Waals surface area contributed by atoms with Gasteiger partial charge in [0.15, 0.2) is 5.69 Å². The minimum atomic E-state index is -2.89. The molecule has 0 aliphatic carbocycles. The minimum absolute atomic E-state index is 0.0279. The van der Waals surface area contributed by atoms with Gasteiger partial charge in [-0.05, 0) is 26.0 Å². The van der Waals surface area contributed by atoms with E-state index in [1.165, 1.54) is 0 Å². The molecular formula is C12H13F2N3O3. The molecule has 0 saturated carbocycles. The van der Waals surface area contributed by atoms with Gasteiger partial charge in [-0.1, -0.05) is 5.21 Å². The lowest BCUT2D eigenvalue weighted by Gasteiger charge is -2.05. The van der Waals surface area contributed by atoms with Gasteiger partial charge in [-0.25, -0.2) is 18.3 Å². The zero-order valence-electron chi connectivity index (χ0n) is 11.0. The van der Waals surface area contributed by atoms with Crippen LogP contribution in [0, 0.1) is 6.92 Å². The number of carbonyl (C=O) groups is 1. The van der Waals surface area contributed by atoms with Crippen molar-refractivity contribution in [3.63, 3.8) is 0 Å². The Balaban J connectivity index is 2.31. The molecule has 0 fully saturated rings. The van der Waals surface area contributed by atoms with E-state index in [1.54, 1.807) is 26.0 Å².